The second kappa shape index (κ2) is 6.72. The Morgan fingerprint density at radius 1 is 1.33 bits per heavy atom. The van der Waals surface area contributed by atoms with Crippen LogP contribution in [-0.4, -0.2) is 37.1 Å². The zero-order valence-corrected chi connectivity index (χ0v) is 13.6. The molecule has 6 heteroatoms. The van der Waals surface area contributed by atoms with E-state index in [2.05, 4.69) is 15.6 Å². The molecular formula is C18H19N3O3. The average molecular weight is 325 g/mol. The van der Waals surface area contributed by atoms with E-state index >= 15 is 0 Å². The Kier molecular flexibility index (Phi) is 4.48. The van der Waals surface area contributed by atoms with Crippen LogP contribution in [0.1, 0.15) is 27.3 Å². The number of carbonyl (C=O) groups is 2. The van der Waals surface area contributed by atoms with Crippen LogP contribution in [0.2, 0.25) is 0 Å². The average Bonchev–Trinajstić information content (AvgIpc) is 3.09. The van der Waals surface area contributed by atoms with Crippen LogP contribution in [0.15, 0.2) is 30.3 Å². The first-order valence-electron chi connectivity index (χ1n) is 7.69. The summed E-state index contributed by atoms with van der Waals surface area (Å²) >= 11 is 0. The van der Waals surface area contributed by atoms with Crippen molar-refractivity contribution in [1.82, 2.24) is 10.3 Å². The maximum absolute atomic E-state index is 12.2. The third kappa shape index (κ3) is 3.09. The molecule has 0 saturated heterocycles. The molecule has 124 valence electrons. The van der Waals surface area contributed by atoms with Crippen LogP contribution in [0.25, 0.3) is 11.6 Å². The van der Waals surface area contributed by atoms with Crippen molar-refractivity contribution in [2.45, 2.75) is 6.92 Å². The van der Waals surface area contributed by atoms with Gasteiger partial charge in [0.25, 0.3) is 11.8 Å². The van der Waals surface area contributed by atoms with Crippen LogP contribution < -0.4 is 10.6 Å². The van der Waals surface area contributed by atoms with Gasteiger partial charge in [-0.1, -0.05) is 18.2 Å². The lowest BCUT2D eigenvalue weighted by atomic mass is 10.1. The number of nitrogens with one attached hydrogen (secondary N) is 3. The van der Waals surface area contributed by atoms with Crippen molar-refractivity contribution in [3.8, 4) is 0 Å². The minimum Gasteiger partial charge on any atom is -0.383 e. The van der Waals surface area contributed by atoms with Crippen molar-refractivity contribution in [3.63, 3.8) is 0 Å². The Morgan fingerprint density at radius 2 is 2.12 bits per heavy atom. The summed E-state index contributed by atoms with van der Waals surface area (Å²) in [6, 6.07) is 9.31. The summed E-state index contributed by atoms with van der Waals surface area (Å²) < 4.78 is 4.91. The zero-order chi connectivity index (χ0) is 17.1. The molecule has 3 N–H and O–H groups in total. The van der Waals surface area contributed by atoms with E-state index in [0.29, 0.717) is 24.4 Å². The predicted molar refractivity (Wildman–Crippen MR) is 92.7 cm³/mol. The molecule has 0 spiro atoms. The summed E-state index contributed by atoms with van der Waals surface area (Å²) in [7, 11) is 1.58. The van der Waals surface area contributed by atoms with E-state index in [4.69, 9.17) is 4.74 Å². The molecule has 3 rings (SSSR count). The van der Waals surface area contributed by atoms with Gasteiger partial charge in [0.2, 0.25) is 0 Å². The molecule has 1 aromatic carbocycles. The third-order valence-corrected chi connectivity index (χ3v) is 3.89. The van der Waals surface area contributed by atoms with Gasteiger partial charge in [-0.3, -0.25) is 9.59 Å². The number of aryl methyl sites for hydroxylation is 1. The highest BCUT2D eigenvalue weighted by Crippen LogP contribution is 2.32. The lowest BCUT2D eigenvalue weighted by molar-refractivity contribution is -0.110. The number of carbonyl (C=O) groups excluding carboxylic acids is 2. The number of fused-ring (bicyclic) bond motifs is 1. The van der Waals surface area contributed by atoms with Crippen molar-refractivity contribution in [3.05, 3.63) is 52.8 Å². The summed E-state index contributed by atoms with van der Waals surface area (Å²) in [6.45, 7) is 2.80. The fraction of sp³-hybridized carbons (Fsp3) is 0.222. The number of para-hydroxylation sites is 1. The summed E-state index contributed by atoms with van der Waals surface area (Å²) in [6.07, 6.45) is 1.78. The largest absolute Gasteiger partial charge is 0.383 e. The van der Waals surface area contributed by atoms with Gasteiger partial charge in [0, 0.05) is 30.6 Å². The summed E-state index contributed by atoms with van der Waals surface area (Å²) in [5, 5.41) is 5.60. The van der Waals surface area contributed by atoms with Crippen molar-refractivity contribution < 1.29 is 14.3 Å². The van der Waals surface area contributed by atoms with Crippen LogP contribution in [-0.2, 0) is 9.53 Å². The standard InChI is InChI=1S/C18H19N3O3/c1-11-9-16(18(23)19-7-8-24-2)20-15(11)10-13-12-5-3-4-6-14(12)21-17(13)22/h3-6,9-10,20H,7-8H2,1-2H3,(H,19,23)(H,21,22)/b13-10-. The third-order valence-electron chi connectivity index (χ3n) is 3.89. The molecule has 0 bridgehead atoms. The van der Waals surface area contributed by atoms with Crippen LogP contribution in [0.3, 0.4) is 0 Å². The first kappa shape index (κ1) is 16.0. The summed E-state index contributed by atoms with van der Waals surface area (Å²) in [5.41, 5.74) is 4.35. The van der Waals surface area contributed by atoms with Crippen molar-refractivity contribution in [2.75, 3.05) is 25.6 Å². The monoisotopic (exact) mass is 325 g/mol. The smallest absolute Gasteiger partial charge is 0.267 e. The molecule has 0 aliphatic carbocycles. The molecular weight excluding hydrogens is 306 g/mol. The molecule has 1 aliphatic heterocycles. The van der Waals surface area contributed by atoms with E-state index in [9.17, 15) is 9.59 Å². The van der Waals surface area contributed by atoms with E-state index in [0.717, 1.165) is 22.5 Å². The fourth-order valence-corrected chi connectivity index (χ4v) is 2.63. The first-order valence-corrected chi connectivity index (χ1v) is 7.69. The second-order valence-corrected chi connectivity index (χ2v) is 5.59. The number of aromatic nitrogens is 1. The van der Waals surface area contributed by atoms with Crippen molar-refractivity contribution in [1.29, 1.82) is 0 Å². The Hall–Kier alpha value is -2.86. The van der Waals surface area contributed by atoms with Gasteiger partial charge in [-0.25, -0.2) is 0 Å². The van der Waals surface area contributed by atoms with Gasteiger partial charge < -0.3 is 20.4 Å². The van der Waals surface area contributed by atoms with Gasteiger partial charge in [-0.05, 0) is 30.7 Å². The van der Waals surface area contributed by atoms with Crippen molar-refractivity contribution in [2.24, 2.45) is 0 Å². The highest BCUT2D eigenvalue weighted by Gasteiger charge is 2.24. The number of hydrogen-bond acceptors (Lipinski definition) is 3. The van der Waals surface area contributed by atoms with Gasteiger partial charge in [-0.15, -0.1) is 0 Å². The van der Waals surface area contributed by atoms with E-state index in [1.165, 1.54) is 0 Å². The Bertz CT molecular complexity index is 821. The molecule has 0 fully saturated rings. The number of ether oxygens (including phenoxy) is 1. The minimum absolute atomic E-state index is 0.142. The van der Waals surface area contributed by atoms with E-state index in [-0.39, 0.29) is 11.8 Å². The zero-order valence-electron chi connectivity index (χ0n) is 13.6. The fourth-order valence-electron chi connectivity index (χ4n) is 2.63. The molecule has 24 heavy (non-hydrogen) atoms. The van der Waals surface area contributed by atoms with E-state index in [1.807, 2.05) is 31.2 Å². The number of hydrogen-bond donors (Lipinski definition) is 3. The summed E-state index contributed by atoms with van der Waals surface area (Å²) in [5.74, 6) is -0.340. The number of benzene rings is 1. The predicted octanol–water partition coefficient (Wildman–Crippen LogP) is 2.19. The van der Waals surface area contributed by atoms with Gasteiger partial charge in [-0.2, -0.15) is 0 Å². The van der Waals surface area contributed by atoms with Gasteiger partial charge in [0.15, 0.2) is 0 Å². The Morgan fingerprint density at radius 3 is 2.92 bits per heavy atom. The van der Waals surface area contributed by atoms with E-state index in [1.54, 1.807) is 19.3 Å². The molecule has 1 aliphatic rings. The topological polar surface area (TPSA) is 83.2 Å². The molecule has 2 aromatic rings. The van der Waals surface area contributed by atoms with Crippen molar-refractivity contribution >= 4 is 29.2 Å². The normalized spacial score (nSPS) is 14.6. The van der Waals surface area contributed by atoms with Crippen LogP contribution >= 0.6 is 0 Å². The number of methoxy groups -OCH3 is 1. The molecule has 6 nitrogen and oxygen atoms in total. The number of H-pyrrole nitrogens is 1. The first-order chi connectivity index (χ1) is 11.6. The number of rotatable bonds is 5. The van der Waals surface area contributed by atoms with Crippen LogP contribution in [0, 0.1) is 6.92 Å². The number of amides is 2. The molecule has 2 amide bonds. The van der Waals surface area contributed by atoms with Gasteiger partial charge in [0.05, 0.1) is 12.2 Å². The highest BCUT2D eigenvalue weighted by atomic mass is 16.5. The van der Waals surface area contributed by atoms with Crippen LogP contribution in [0.4, 0.5) is 5.69 Å². The second-order valence-electron chi connectivity index (χ2n) is 5.59. The highest BCUT2D eigenvalue weighted by molar-refractivity contribution is 6.34. The quantitative estimate of drug-likeness (QED) is 0.582. The number of anilines is 1. The molecule has 0 atom stereocenters. The van der Waals surface area contributed by atoms with Gasteiger partial charge >= 0.3 is 0 Å². The SMILES string of the molecule is COCCNC(=O)c1cc(C)c(/C=C2\C(=O)Nc3ccccc32)[nH]1. The summed E-state index contributed by atoms with van der Waals surface area (Å²) in [4.78, 5) is 27.3. The molecule has 0 radical (unpaired) electrons. The lowest BCUT2D eigenvalue weighted by Crippen LogP contribution is -2.27. The molecule has 0 unspecified atom stereocenters. The van der Waals surface area contributed by atoms with E-state index < -0.39 is 0 Å². The maximum Gasteiger partial charge on any atom is 0.267 e. The molecule has 1 aromatic heterocycles. The van der Waals surface area contributed by atoms with Crippen LogP contribution in [0.5, 0.6) is 0 Å². The Balaban J connectivity index is 1.86. The minimum atomic E-state index is -0.198. The maximum atomic E-state index is 12.2. The Labute approximate surface area is 139 Å². The molecule has 0 saturated carbocycles. The lowest BCUT2D eigenvalue weighted by Gasteiger charge is -2.02. The van der Waals surface area contributed by atoms with Gasteiger partial charge in [0.1, 0.15) is 5.69 Å². The molecule has 2 heterocycles. The number of aromatic amines is 1.